The highest BCUT2D eigenvalue weighted by atomic mass is 16.2. The van der Waals surface area contributed by atoms with Gasteiger partial charge in [0.2, 0.25) is 11.8 Å². The minimum absolute atomic E-state index is 0.0102. The Hall–Kier alpha value is -2.04. The Kier molecular flexibility index (Phi) is 3.35. The Morgan fingerprint density at radius 1 is 1.29 bits per heavy atom. The molecular formula is C16H21N3O2. The number of nitrogens with two attached hydrogens (primary N) is 1. The van der Waals surface area contributed by atoms with E-state index in [0.29, 0.717) is 12.8 Å². The number of benzene rings is 1. The third-order valence-corrected chi connectivity index (χ3v) is 4.63. The largest absolute Gasteiger partial charge is 0.399 e. The fraction of sp³-hybridized carbons (Fsp3) is 0.500. The van der Waals surface area contributed by atoms with Crippen molar-refractivity contribution in [3.63, 3.8) is 0 Å². The van der Waals surface area contributed by atoms with Gasteiger partial charge in [-0.3, -0.25) is 9.59 Å². The molecule has 1 aromatic rings. The molecule has 1 fully saturated rings. The highest BCUT2D eigenvalue weighted by Gasteiger charge is 2.56. The van der Waals surface area contributed by atoms with E-state index in [1.807, 2.05) is 18.2 Å². The van der Waals surface area contributed by atoms with Gasteiger partial charge in [0.15, 0.2) is 0 Å². The minimum atomic E-state index is -0.833. The number of nitrogen functional groups attached to an aromatic ring is 1. The molecule has 2 aliphatic rings. The van der Waals surface area contributed by atoms with Crippen LogP contribution in [-0.4, -0.2) is 18.9 Å². The third kappa shape index (κ3) is 2.37. The summed E-state index contributed by atoms with van der Waals surface area (Å²) in [5, 5.41) is 5.67. The fourth-order valence-corrected chi connectivity index (χ4v) is 3.20. The van der Waals surface area contributed by atoms with Gasteiger partial charge in [0.1, 0.15) is 5.41 Å². The van der Waals surface area contributed by atoms with E-state index in [9.17, 15) is 9.59 Å². The van der Waals surface area contributed by atoms with Crippen LogP contribution < -0.4 is 16.4 Å². The molecule has 112 valence electrons. The van der Waals surface area contributed by atoms with Crippen LogP contribution in [0, 0.1) is 5.41 Å². The average molecular weight is 287 g/mol. The van der Waals surface area contributed by atoms with Crippen LogP contribution in [0.25, 0.3) is 0 Å². The standard InChI is InChI=1S/C16H21N3O2/c1-18-14(20)16(7-8-16)15(21)19-13-4-2-3-10-9-11(17)5-6-12(10)13/h5-6,9,13H,2-4,7-8,17H2,1H3,(H,18,20)(H,19,21). The predicted molar refractivity (Wildman–Crippen MR) is 80.4 cm³/mol. The van der Waals surface area contributed by atoms with Crippen molar-refractivity contribution in [2.75, 3.05) is 12.8 Å². The van der Waals surface area contributed by atoms with E-state index in [1.54, 1.807) is 7.05 Å². The summed E-state index contributed by atoms with van der Waals surface area (Å²) in [6.07, 6.45) is 4.20. The molecule has 0 aromatic heterocycles. The molecule has 1 unspecified atom stereocenters. The number of fused-ring (bicyclic) bond motifs is 1. The van der Waals surface area contributed by atoms with Crippen LogP contribution in [-0.2, 0) is 16.0 Å². The number of amides is 2. The Morgan fingerprint density at radius 3 is 2.71 bits per heavy atom. The first kappa shape index (κ1) is 13.9. The minimum Gasteiger partial charge on any atom is -0.399 e. The quantitative estimate of drug-likeness (QED) is 0.578. The van der Waals surface area contributed by atoms with Crippen molar-refractivity contribution in [3.8, 4) is 0 Å². The highest BCUT2D eigenvalue weighted by Crippen LogP contribution is 2.46. The van der Waals surface area contributed by atoms with E-state index in [1.165, 1.54) is 5.56 Å². The van der Waals surface area contributed by atoms with Crippen LogP contribution in [0.2, 0.25) is 0 Å². The van der Waals surface area contributed by atoms with Crippen LogP contribution in [0.1, 0.15) is 42.9 Å². The van der Waals surface area contributed by atoms with Gasteiger partial charge < -0.3 is 16.4 Å². The summed E-state index contributed by atoms with van der Waals surface area (Å²) in [5.74, 6) is -0.315. The molecule has 1 saturated carbocycles. The maximum atomic E-state index is 12.5. The van der Waals surface area contributed by atoms with Crippen LogP contribution >= 0.6 is 0 Å². The van der Waals surface area contributed by atoms with Crippen LogP contribution in [0.5, 0.6) is 0 Å². The van der Waals surface area contributed by atoms with Gasteiger partial charge in [0.25, 0.3) is 0 Å². The number of carbonyl (C=O) groups excluding carboxylic acids is 2. The second kappa shape index (κ2) is 5.06. The summed E-state index contributed by atoms with van der Waals surface area (Å²) in [6.45, 7) is 0. The Morgan fingerprint density at radius 2 is 2.05 bits per heavy atom. The number of nitrogens with one attached hydrogen (secondary N) is 2. The van der Waals surface area contributed by atoms with Crippen molar-refractivity contribution in [1.82, 2.24) is 10.6 Å². The monoisotopic (exact) mass is 287 g/mol. The van der Waals surface area contributed by atoms with Crippen molar-refractivity contribution < 1.29 is 9.59 Å². The first-order chi connectivity index (χ1) is 10.1. The molecule has 3 rings (SSSR count). The lowest BCUT2D eigenvalue weighted by Gasteiger charge is -2.28. The van der Waals surface area contributed by atoms with Crippen molar-refractivity contribution in [2.24, 2.45) is 5.41 Å². The Balaban J connectivity index is 1.78. The smallest absolute Gasteiger partial charge is 0.236 e. The van der Waals surface area contributed by atoms with Crippen LogP contribution in [0.15, 0.2) is 18.2 Å². The van der Waals surface area contributed by atoms with E-state index < -0.39 is 5.41 Å². The molecule has 4 N–H and O–H groups in total. The Bertz CT molecular complexity index is 593. The summed E-state index contributed by atoms with van der Waals surface area (Å²) in [4.78, 5) is 24.4. The molecule has 0 aliphatic heterocycles. The average Bonchev–Trinajstić information content (AvgIpc) is 3.28. The van der Waals surface area contributed by atoms with Crippen LogP contribution in [0.3, 0.4) is 0 Å². The van der Waals surface area contributed by atoms with Crippen molar-refractivity contribution >= 4 is 17.5 Å². The zero-order chi connectivity index (χ0) is 15.0. The van der Waals surface area contributed by atoms with Gasteiger partial charge in [-0.05, 0) is 55.4 Å². The lowest BCUT2D eigenvalue weighted by atomic mass is 9.87. The molecule has 2 aliphatic carbocycles. The number of rotatable bonds is 3. The topological polar surface area (TPSA) is 84.2 Å². The third-order valence-electron chi connectivity index (χ3n) is 4.63. The highest BCUT2D eigenvalue weighted by molar-refractivity contribution is 6.07. The summed E-state index contributed by atoms with van der Waals surface area (Å²) < 4.78 is 0. The van der Waals surface area contributed by atoms with Gasteiger partial charge in [0.05, 0.1) is 6.04 Å². The molecule has 5 heteroatoms. The normalized spacial score (nSPS) is 22.0. The van der Waals surface area contributed by atoms with Crippen molar-refractivity contribution in [2.45, 2.75) is 38.1 Å². The van der Waals surface area contributed by atoms with Gasteiger partial charge in [-0.2, -0.15) is 0 Å². The molecule has 0 saturated heterocycles. The molecule has 21 heavy (non-hydrogen) atoms. The molecule has 0 radical (unpaired) electrons. The van der Waals surface area contributed by atoms with Crippen LogP contribution in [0.4, 0.5) is 5.69 Å². The second-order valence-corrected chi connectivity index (χ2v) is 6.04. The number of hydrogen-bond donors (Lipinski definition) is 3. The molecular weight excluding hydrogens is 266 g/mol. The number of carbonyl (C=O) groups is 2. The van der Waals surface area contributed by atoms with Gasteiger partial charge >= 0.3 is 0 Å². The zero-order valence-electron chi connectivity index (χ0n) is 12.2. The first-order valence-corrected chi connectivity index (χ1v) is 7.48. The molecule has 2 amide bonds. The number of hydrogen-bond acceptors (Lipinski definition) is 3. The summed E-state index contributed by atoms with van der Waals surface area (Å²) in [7, 11) is 1.58. The maximum absolute atomic E-state index is 12.5. The second-order valence-electron chi connectivity index (χ2n) is 6.04. The van der Waals surface area contributed by atoms with Crippen molar-refractivity contribution in [1.29, 1.82) is 0 Å². The van der Waals surface area contributed by atoms with Gasteiger partial charge in [-0.15, -0.1) is 0 Å². The van der Waals surface area contributed by atoms with E-state index in [0.717, 1.165) is 30.5 Å². The molecule has 0 spiro atoms. The summed E-state index contributed by atoms with van der Waals surface area (Å²) in [6, 6.07) is 5.84. The van der Waals surface area contributed by atoms with Gasteiger partial charge in [0, 0.05) is 12.7 Å². The van der Waals surface area contributed by atoms with Crippen molar-refractivity contribution in [3.05, 3.63) is 29.3 Å². The SMILES string of the molecule is CNC(=O)C1(C(=O)NC2CCCc3cc(N)ccc32)CC1. The van der Waals surface area contributed by atoms with E-state index in [2.05, 4.69) is 10.6 Å². The first-order valence-electron chi connectivity index (χ1n) is 7.48. The number of aryl methyl sites for hydroxylation is 1. The molecule has 1 aromatic carbocycles. The summed E-state index contributed by atoms with van der Waals surface area (Å²) in [5.41, 5.74) is 8.09. The van der Waals surface area contributed by atoms with E-state index in [-0.39, 0.29) is 17.9 Å². The molecule has 0 heterocycles. The van der Waals surface area contributed by atoms with Gasteiger partial charge in [-0.1, -0.05) is 6.07 Å². The molecule has 1 atom stereocenters. The number of anilines is 1. The zero-order valence-corrected chi connectivity index (χ0v) is 12.2. The molecule has 0 bridgehead atoms. The lowest BCUT2D eigenvalue weighted by molar-refractivity contribution is -0.137. The fourth-order valence-electron chi connectivity index (χ4n) is 3.20. The predicted octanol–water partition coefficient (Wildman–Crippen LogP) is 1.29. The van der Waals surface area contributed by atoms with E-state index in [4.69, 9.17) is 5.73 Å². The Labute approximate surface area is 124 Å². The summed E-state index contributed by atoms with van der Waals surface area (Å²) >= 11 is 0. The maximum Gasteiger partial charge on any atom is 0.236 e. The van der Waals surface area contributed by atoms with Gasteiger partial charge in [-0.25, -0.2) is 0 Å². The lowest BCUT2D eigenvalue weighted by Crippen LogP contribution is -2.43. The molecule has 5 nitrogen and oxygen atoms in total. The van der Waals surface area contributed by atoms with E-state index >= 15 is 0 Å².